The van der Waals surface area contributed by atoms with Gasteiger partial charge in [0.15, 0.2) is 6.29 Å². The van der Waals surface area contributed by atoms with Gasteiger partial charge in [0.1, 0.15) is 0 Å². The number of hydrogen-bond donors (Lipinski definition) is 1. The Labute approximate surface area is 153 Å². The number of aromatic amines is 1. The van der Waals surface area contributed by atoms with E-state index in [1.807, 2.05) is 12.1 Å². The molecule has 5 nitrogen and oxygen atoms in total. The van der Waals surface area contributed by atoms with E-state index in [1.54, 1.807) is 6.20 Å². The predicted octanol–water partition coefficient (Wildman–Crippen LogP) is 3.57. The Balaban J connectivity index is 1.57. The van der Waals surface area contributed by atoms with Gasteiger partial charge in [0, 0.05) is 60.6 Å². The predicted molar refractivity (Wildman–Crippen MR) is 106 cm³/mol. The molecule has 1 N–H and O–H groups in total. The van der Waals surface area contributed by atoms with Crippen LogP contribution in [0.15, 0.2) is 42.6 Å². The molecule has 4 rings (SSSR count). The zero-order valence-electron chi connectivity index (χ0n) is 15.3. The van der Waals surface area contributed by atoms with Crippen molar-refractivity contribution in [2.45, 2.75) is 19.9 Å². The van der Waals surface area contributed by atoms with Crippen LogP contribution in [0.2, 0.25) is 0 Å². The number of carbonyl (C=O) groups is 1. The highest BCUT2D eigenvalue weighted by Crippen LogP contribution is 2.29. The molecule has 1 aliphatic rings. The molecule has 3 aromatic rings. The minimum atomic E-state index is 0.578. The monoisotopic (exact) mass is 348 g/mol. The SMILES string of the molecule is CC(C)N1CCN(c2ccc(-c3nccc4[nH]c(C=O)cc34)cc2)CC1. The molecule has 5 heteroatoms. The maximum Gasteiger partial charge on any atom is 0.166 e. The molecule has 0 spiro atoms. The third-order valence-electron chi connectivity index (χ3n) is 5.25. The van der Waals surface area contributed by atoms with Crippen molar-refractivity contribution < 1.29 is 4.79 Å². The average Bonchev–Trinajstić information content (AvgIpc) is 3.11. The molecule has 3 heterocycles. The van der Waals surface area contributed by atoms with Crippen molar-refractivity contribution in [1.82, 2.24) is 14.9 Å². The Morgan fingerprint density at radius 1 is 1.08 bits per heavy atom. The quantitative estimate of drug-likeness (QED) is 0.732. The lowest BCUT2D eigenvalue weighted by molar-refractivity contribution is 0.112. The summed E-state index contributed by atoms with van der Waals surface area (Å²) in [6.07, 6.45) is 2.62. The molecule has 1 aliphatic heterocycles. The van der Waals surface area contributed by atoms with E-state index in [0.717, 1.165) is 54.6 Å². The standard InChI is InChI=1S/C21H24N4O/c1-15(2)24-9-11-25(12-10-24)18-5-3-16(4-6-18)21-19-13-17(14-26)23-20(19)7-8-22-21/h3-8,13-15,23H,9-12H2,1-2H3. The fraction of sp³-hybridized carbons (Fsp3) is 0.333. The molecule has 0 bridgehead atoms. The first-order chi connectivity index (χ1) is 12.7. The van der Waals surface area contributed by atoms with Crippen molar-refractivity contribution in [2.75, 3.05) is 31.1 Å². The number of nitrogens with one attached hydrogen (secondary N) is 1. The van der Waals surface area contributed by atoms with Gasteiger partial charge in [0.2, 0.25) is 0 Å². The average molecular weight is 348 g/mol. The van der Waals surface area contributed by atoms with Crippen LogP contribution in [0.25, 0.3) is 22.2 Å². The van der Waals surface area contributed by atoms with Gasteiger partial charge in [0.25, 0.3) is 0 Å². The Hall–Kier alpha value is -2.66. The van der Waals surface area contributed by atoms with Gasteiger partial charge in [0.05, 0.1) is 11.4 Å². The molecule has 1 fully saturated rings. The smallest absolute Gasteiger partial charge is 0.166 e. The largest absolute Gasteiger partial charge is 0.369 e. The maximum atomic E-state index is 11.0. The number of nitrogens with zero attached hydrogens (tertiary/aromatic N) is 3. The van der Waals surface area contributed by atoms with Crippen molar-refractivity contribution in [3.05, 3.63) is 48.3 Å². The fourth-order valence-electron chi connectivity index (χ4n) is 3.70. The van der Waals surface area contributed by atoms with Crippen LogP contribution in [0.3, 0.4) is 0 Å². The van der Waals surface area contributed by atoms with Gasteiger partial charge >= 0.3 is 0 Å². The summed E-state index contributed by atoms with van der Waals surface area (Å²) in [7, 11) is 0. The minimum Gasteiger partial charge on any atom is -0.369 e. The molecule has 0 aliphatic carbocycles. The molecule has 0 unspecified atom stereocenters. The second kappa shape index (κ2) is 6.92. The number of rotatable bonds is 4. The number of pyridine rings is 1. The van der Waals surface area contributed by atoms with Gasteiger partial charge in [-0.1, -0.05) is 12.1 Å². The van der Waals surface area contributed by atoms with Crippen LogP contribution in [0.5, 0.6) is 0 Å². The number of hydrogen-bond acceptors (Lipinski definition) is 4. The van der Waals surface area contributed by atoms with Crippen LogP contribution in [-0.4, -0.2) is 53.4 Å². The number of carbonyl (C=O) groups excluding carboxylic acids is 1. The molecule has 134 valence electrons. The number of benzene rings is 1. The number of fused-ring (bicyclic) bond motifs is 1. The molecule has 0 amide bonds. The van der Waals surface area contributed by atoms with Crippen molar-refractivity contribution in [3.8, 4) is 11.3 Å². The number of aldehydes is 1. The van der Waals surface area contributed by atoms with Gasteiger partial charge in [-0.15, -0.1) is 0 Å². The third kappa shape index (κ3) is 3.10. The molecule has 0 radical (unpaired) electrons. The number of H-pyrrole nitrogens is 1. The van der Waals surface area contributed by atoms with E-state index in [-0.39, 0.29) is 0 Å². The van der Waals surface area contributed by atoms with Crippen molar-refractivity contribution in [2.24, 2.45) is 0 Å². The summed E-state index contributed by atoms with van der Waals surface area (Å²) in [5.41, 5.74) is 4.74. The number of anilines is 1. The highest BCUT2D eigenvalue weighted by molar-refractivity contribution is 5.96. The van der Waals surface area contributed by atoms with Crippen molar-refractivity contribution >= 4 is 22.9 Å². The summed E-state index contributed by atoms with van der Waals surface area (Å²) in [4.78, 5) is 23.7. The first-order valence-electron chi connectivity index (χ1n) is 9.18. The normalized spacial score (nSPS) is 15.7. The Bertz CT molecular complexity index is 905. The second-order valence-corrected chi connectivity index (χ2v) is 7.13. The van der Waals surface area contributed by atoms with Crippen molar-refractivity contribution in [1.29, 1.82) is 0 Å². The molecule has 0 atom stereocenters. The molecule has 1 aromatic carbocycles. The Kier molecular flexibility index (Phi) is 4.47. The molecule has 0 saturated carbocycles. The Morgan fingerprint density at radius 2 is 1.81 bits per heavy atom. The van der Waals surface area contributed by atoms with Gasteiger partial charge in [-0.25, -0.2) is 0 Å². The van der Waals surface area contributed by atoms with Crippen LogP contribution < -0.4 is 4.90 Å². The zero-order chi connectivity index (χ0) is 18.1. The lowest BCUT2D eigenvalue weighted by atomic mass is 10.1. The second-order valence-electron chi connectivity index (χ2n) is 7.13. The summed E-state index contributed by atoms with van der Waals surface area (Å²) in [6.45, 7) is 8.86. The molecule has 1 saturated heterocycles. The van der Waals surface area contributed by atoms with Gasteiger partial charge in [-0.3, -0.25) is 14.7 Å². The van der Waals surface area contributed by atoms with Crippen LogP contribution in [0.4, 0.5) is 5.69 Å². The zero-order valence-corrected chi connectivity index (χ0v) is 15.3. The summed E-state index contributed by atoms with van der Waals surface area (Å²) in [6, 6.07) is 13.0. The molecule has 26 heavy (non-hydrogen) atoms. The van der Waals surface area contributed by atoms with E-state index in [4.69, 9.17) is 0 Å². The van der Waals surface area contributed by atoms with E-state index in [9.17, 15) is 4.79 Å². The topological polar surface area (TPSA) is 52.2 Å². The highest BCUT2D eigenvalue weighted by atomic mass is 16.1. The van der Waals surface area contributed by atoms with E-state index in [1.165, 1.54) is 5.69 Å². The lowest BCUT2D eigenvalue weighted by Gasteiger charge is -2.38. The number of piperazine rings is 1. The lowest BCUT2D eigenvalue weighted by Crippen LogP contribution is -2.48. The highest BCUT2D eigenvalue weighted by Gasteiger charge is 2.19. The summed E-state index contributed by atoms with van der Waals surface area (Å²) < 4.78 is 0. The molecular weight excluding hydrogens is 324 g/mol. The maximum absolute atomic E-state index is 11.0. The molecule has 2 aromatic heterocycles. The molecular formula is C21H24N4O. The van der Waals surface area contributed by atoms with Crippen molar-refractivity contribution in [3.63, 3.8) is 0 Å². The van der Waals surface area contributed by atoms with Crippen LogP contribution in [-0.2, 0) is 0 Å². The van der Waals surface area contributed by atoms with Gasteiger partial charge in [-0.05, 0) is 38.1 Å². The number of aromatic nitrogens is 2. The van der Waals surface area contributed by atoms with E-state index in [2.05, 4.69) is 57.9 Å². The van der Waals surface area contributed by atoms with Gasteiger partial charge in [-0.2, -0.15) is 0 Å². The first kappa shape index (κ1) is 16.8. The van der Waals surface area contributed by atoms with Crippen LogP contribution in [0, 0.1) is 0 Å². The van der Waals surface area contributed by atoms with Crippen LogP contribution in [0.1, 0.15) is 24.3 Å². The third-order valence-corrected chi connectivity index (χ3v) is 5.25. The minimum absolute atomic E-state index is 0.578. The summed E-state index contributed by atoms with van der Waals surface area (Å²) in [5.74, 6) is 0. The summed E-state index contributed by atoms with van der Waals surface area (Å²) in [5, 5.41) is 0.980. The Morgan fingerprint density at radius 3 is 2.46 bits per heavy atom. The van der Waals surface area contributed by atoms with E-state index >= 15 is 0 Å². The van der Waals surface area contributed by atoms with E-state index in [0.29, 0.717) is 11.7 Å². The van der Waals surface area contributed by atoms with Gasteiger partial charge < -0.3 is 9.88 Å². The first-order valence-corrected chi connectivity index (χ1v) is 9.18. The van der Waals surface area contributed by atoms with Crippen LogP contribution >= 0.6 is 0 Å². The summed E-state index contributed by atoms with van der Waals surface area (Å²) >= 11 is 0. The van der Waals surface area contributed by atoms with E-state index < -0.39 is 0 Å². The fourth-order valence-corrected chi connectivity index (χ4v) is 3.70.